The summed E-state index contributed by atoms with van der Waals surface area (Å²) in [7, 11) is 0. The van der Waals surface area contributed by atoms with Gasteiger partial charge in [-0.05, 0) is 41.0 Å². The van der Waals surface area contributed by atoms with Gasteiger partial charge in [0.15, 0.2) is 0 Å². The lowest BCUT2D eigenvalue weighted by Crippen LogP contribution is -2.10. The van der Waals surface area contributed by atoms with Gasteiger partial charge in [-0.3, -0.25) is 0 Å². The molecule has 1 aromatic heterocycles. The second-order valence-electron chi connectivity index (χ2n) is 5.61. The molecule has 0 aliphatic rings. The summed E-state index contributed by atoms with van der Waals surface area (Å²) in [6.07, 6.45) is 2.91. The Bertz CT molecular complexity index is 505. The van der Waals surface area contributed by atoms with Crippen molar-refractivity contribution in [3.8, 4) is 0 Å². The van der Waals surface area contributed by atoms with Gasteiger partial charge < -0.3 is 9.67 Å². The normalized spacial score (nSPS) is 12.2. The maximum atomic E-state index is 8.87. The number of aromatic nitrogens is 1. The predicted molar refractivity (Wildman–Crippen MR) is 72.3 cm³/mol. The Morgan fingerprint density at radius 2 is 1.94 bits per heavy atom. The second kappa shape index (κ2) is 4.53. The Morgan fingerprint density at radius 3 is 2.59 bits per heavy atom. The third-order valence-corrected chi connectivity index (χ3v) is 3.19. The SMILES string of the molecule is CC(C)(C)c1ccc2c(ccn2CCCO)c1. The highest BCUT2D eigenvalue weighted by Gasteiger charge is 2.14. The van der Waals surface area contributed by atoms with Crippen LogP contribution in [0.15, 0.2) is 30.5 Å². The van der Waals surface area contributed by atoms with Gasteiger partial charge in [-0.2, -0.15) is 0 Å². The number of fused-ring (bicyclic) bond motifs is 1. The van der Waals surface area contributed by atoms with E-state index in [9.17, 15) is 0 Å². The third-order valence-electron chi connectivity index (χ3n) is 3.19. The number of nitrogens with zero attached hydrogens (tertiary/aromatic N) is 1. The minimum Gasteiger partial charge on any atom is -0.396 e. The molecular weight excluding hydrogens is 210 g/mol. The smallest absolute Gasteiger partial charge is 0.0480 e. The molecule has 0 unspecified atom stereocenters. The Kier molecular flexibility index (Phi) is 3.25. The van der Waals surface area contributed by atoms with Crippen LogP contribution in [0.1, 0.15) is 32.8 Å². The van der Waals surface area contributed by atoms with Crippen molar-refractivity contribution in [3.63, 3.8) is 0 Å². The summed E-state index contributed by atoms with van der Waals surface area (Å²) < 4.78 is 2.21. The molecule has 0 aliphatic heterocycles. The molecule has 2 rings (SSSR count). The Morgan fingerprint density at radius 1 is 1.18 bits per heavy atom. The van der Waals surface area contributed by atoms with Crippen LogP contribution in [0.3, 0.4) is 0 Å². The highest BCUT2D eigenvalue weighted by atomic mass is 16.3. The molecule has 0 aliphatic carbocycles. The summed E-state index contributed by atoms with van der Waals surface area (Å²) in [5.41, 5.74) is 2.82. The number of hydrogen-bond acceptors (Lipinski definition) is 1. The maximum Gasteiger partial charge on any atom is 0.0480 e. The minimum absolute atomic E-state index is 0.196. The molecule has 0 amide bonds. The molecule has 0 radical (unpaired) electrons. The summed E-state index contributed by atoms with van der Waals surface area (Å²) in [6.45, 7) is 7.83. The van der Waals surface area contributed by atoms with Gasteiger partial charge in [-0.25, -0.2) is 0 Å². The van der Waals surface area contributed by atoms with Crippen LogP contribution < -0.4 is 0 Å². The van der Waals surface area contributed by atoms with Crippen molar-refractivity contribution >= 4 is 10.9 Å². The first-order valence-corrected chi connectivity index (χ1v) is 6.22. The van der Waals surface area contributed by atoms with Crippen LogP contribution in [0.2, 0.25) is 0 Å². The molecule has 0 fully saturated rings. The number of aliphatic hydroxyl groups excluding tert-OH is 1. The summed E-state index contributed by atoms with van der Waals surface area (Å²) in [6, 6.07) is 8.82. The third kappa shape index (κ3) is 2.52. The molecule has 0 spiro atoms. The second-order valence-corrected chi connectivity index (χ2v) is 5.61. The van der Waals surface area contributed by atoms with E-state index < -0.39 is 0 Å². The molecule has 1 aromatic carbocycles. The van der Waals surface area contributed by atoms with E-state index in [0.717, 1.165) is 13.0 Å². The van der Waals surface area contributed by atoms with Gasteiger partial charge in [0.05, 0.1) is 0 Å². The van der Waals surface area contributed by atoms with E-state index in [4.69, 9.17) is 5.11 Å². The molecule has 0 saturated heterocycles. The van der Waals surface area contributed by atoms with Gasteiger partial charge in [-0.15, -0.1) is 0 Å². The van der Waals surface area contributed by atoms with Crippen molar-refractivity contribution in [3.05, 3.63) is 36.0 Å². The van der Waals surface area contributed by atoms with Gasteiger partial charge >= 0.3 is 0 Å². The number of aryl methyl sites for hydroxylation is 1. The van der Waals surface area contributed by atoms with Crippen molar-refractivity contribution < 1.29 is 5.11 Å². The van der Waals surface area contributed by atoms with Crippen molar-refractivity contribution in [2.45, 2.75) is 39.2 Å². The average Bonchev–Trinajstić information content (AvgIpc) is 2.67. The van der Waals surface area contributed by atoms with Gasteiger partial charge in [0.25, 0.3) is 0 Å². The van der Waals surface area contributed by atoms with E-state index in [1.54, 1.807) is 0 Å². The van der Waals surface area contributed by atoms with Crippen LogP contribution in [0.25, 0.3) is 10.9 Å². The zero-order valence-corrected chi connectivity index (χ0v) is 10.9. The summed E-state index contributed by atoms with van der Waals surface area (Å²) in [5, 5.41) is 10.2. The summed E-state index contributed by atoms with van der Waals surface area (Å²) >= 11 is 0. The molecular formula is C15H21NO. The molecule has 1 N–H and O–H groups in total. The Hall–Kier alpha value is -1.28. The van der Waals surface area contributed by atoms with Crippen molar-refractivity contribution in [1.29, 1.82) is 0 Å². The van der Waals surface area contributed by atoms with Crippen LogP contribution in [-0.2, 0) is 12.0 Å². The summed E-state index contributed by atoms with van der Waals surface area (Å²) in [4.78, 5) is 0. The fourth-order valence-electron chi connectivity index (χ4n) is 2.10. The first-order valence-electron chi connectivity index (χ1n) is 6.22. The summed E-state index contributed by atoms with van der Waals surface area (Å²) in [5.74, 6) is 0. The van der Waals surface area contributed by atoms with E-state index in [-0.39, 0.29) is 12.0 Å². The highest BCUT2D eigenvalue weighted by Crippen LogP contribution is 2.26. The van der Waals surface area contributed by atoms with E-state index in [0.29, 0.717) is 0 Å². The lowest BCUT2D eigenvalue weighted by Gasteiger charge is -2.19. The lowest BCUT2D eigenvalue weighted by molar-refractivity contribution is 0.280. The Labute approximate surface area is 103 Å². The first kappa shape index (κ1) is 12.2. The quantitative estimate of drug-likeness (QED) is 0.861. The van der Waals surface area contributed by atoms with Crippen molar-refractivity contribution in [2.24, 2.45) is 0 Å². The molecule has 2 heteroatoms. The zero-order chi connectivity index (χ0) is 12.5. The van der Waals surface area contributed by atoms with Crippen LogP contribution >= 0.6 is 0 Å². The largest absolute Gasteiger partial charge is 0.396 e. The van der Waals surface area contributed by atoms with Crippen molar-refractivity contribution in [2.75, 3.05) is 6.61 Å². The van der Waals surface area contributed by atoms with E-state index in [1.807, 2.05) is 0 Å². The van der Waals surface area contributed by atoms with E-state index in [2.05, 4.69) is 55.8 Å². The number of benzene rings is 1. The van der Waals surface area contributed by atoms with E-state index in [1.165, 1.54) is 16.5 Å². The topological polar surface area (TPSA) is 25.2 Å². The van der Waals surface area contributed by atoms with Gasteiger partial charge in [0.1, 0.15) is 0 Å². The highest BCUT2D eigenvalue weighted by molar-refractivity contribution is 5.81. The van der Waals surface area contributed by atoms with Gasteiger partial charge in [0, 0.05) is 24.9 Å². The Balaban J connectivity index is 2.38. The zero-order valence-electron chi connectivity index (χ0n) is 10.9. The first-order chi connectivity index (χ1) is 8.02. The number of hydrogen-bond donors (Lipinski definition) is 1. The molecule has 2 nitrogen and oxygen atoms in total. The fraction of sp³-hybridized carbons (Fsp3) is 0.467. The molecule has 92 valence electrons. The maximum absolute atomic E-state index is 8.87. The molecule has 17 heavy (non-hydrogen) atoms. The fourth-order valence-corrected chi connectivity index (χ4v) is 2.10. The molecule has 0 saturated carbocycles. The van der Waals surface area contributed by atoms with Gasteiger partial charge in [-0.1, -0.05) is 26.8 Å². The standard InChI is InChI=1S/C15H21NO/c1-15(2,3)13-5-6-14-12(11-13)7-9-16(14)8-4-10-17/h5-7,9,11,17H,4,8,10H2,1-3H3. The molecule has 1 heterocycles. The minimum atomic E-state index is 0.196. The van der Waals surface area contributed by atoms with Crippen molar-refractivity contribution in [1.82, 2.24) is 4.57 Å². The van der Waals surface area contributed by atoms with E-state index >= 15 is 0 Å². The monoisotopic (exact) mass is 231 g/mol. The average molecular weight is 231 g/mol. The predicted octanol–water partition coefficient (Wildman–Crippen LogP) is 3.32. The molecule has 2 aromatic rings. The van der Waals surface area contributed by atoms with Crippen LogP contribution in [-0.4, -0.2) is 16.3 Å². The number of aliphatic hydroxyl groups is 1. The molecule has 0 atom stereocenters. The van der Waals surface area contributed by atoms with Gasteiger partial charge in [0.2, 0.25) is 0 Å². The van der Waals surface area contributed by atoms with Crippen LogP contribution in [0.5, 0.6) is 0 Å². The van der Waals surface area contributed by atoms with Crippen LogP contribution in [0, 0.1) is 0 Å². The number of rotatable bonds is 3. The molecule has 0 bridgehead atoms. The lowest BCUT2D eigenvalue weighted by atomic mass is 9.86. The van der Waals surface area contributed by atoms with Crippen LogP contribution in [0.4, 0.5) is 0 Å².